The normalized spacial score (nSPS) is 11.5. The van der Waals surface area contributed by atoms with Gasteiger partial charge in [-0.3, -0.25) is 43.4 Å². The first-order valence-corrected chi connectivity index (χ1v) is 27.9. The number of esters is 7. The number of hydrogen-bond donors (Lipinski definition) is 0. The predicted molar refractivity (Wildman–Crippen MR) is 279 cm³/mol. The van der Waals surface area contributed by atoms with Crippen molar-refractivity contribution in [2.45, 2.75) is 202 Å². The maximum absolute atomic E-state index is 13.5. The van der Waals surface area contributed by atoms with E-state index in [-0.39, 0.29) is 85.1 Å². The number of carbonyl (C=O) groups is 7. The Morgan fingerprint density at radius 2 is 0.611 bits per heavy atom. The van der Waals surface area contributed by atoms with E-state index in [0.717, 1.165) is 128 Å². The first-order valence-electron chi connectivity index (χ1n) is 27.9. The van der Waals surface area contributed by atoms with Gasteiger partial charge in [-0.15, -0.1) is 0 Å². The van der Waals surface area contributed by atoms with Crippen molar-refractivity contribution in [1.82, 2.24) is 14.7 Å². The third-order valence-electron chi connectivity index (χ3n) is 12.1. The zero-order valence-corrected chi connectivity index (χ0v) is 46.3. The van der Waals surface area contributed by atoms with Crippen LogP contribution in [0.3, 0.4) is 0 Å². The highest BCUT2D eigenvalue weighted by molar-refractivity contribution is 5.79. The Kier molecular flexibility index (Phi) is 44.4. The van der Waals surface area contributed by atoms with E-state index >= 15 is 0 Å². The van der Waals surface area contributed by atoms with E-state index in [9.17, 15) is 33.6 Å². The summed E-state index contributed by atoms with van der Waals surface area (Å²) in [7, 11) is 3.64. The van der Waals surface area contributed by atoms with Crippen molar-refractivity contribution in [3.8, 4) is 0 Å². The van der Waals surface area contributed by atoms with Crippen LogP contribution in [-0.4, -0.2) is 163 Å². The molecule has 0 fully saturated rings. The lowest BCUT2D eigenvalue weighted by atomic mass is 9.93. The molecule has 0 atom stereocenters. The highest BCUT2D eigenvalue weighted by Crippen LogP contribution is 2.21. The molecule has 0 N–H and O–H groups in total. The van der Waals surface area contributed by atoms with Crippen molar-refractivity contribution >= 4 is 41.8 Å². The molecule has 17 nitrogen and oxygen atoms in total. The largest absolute Gasteiger partial charge is 0.465 e. The fourth-order valence-corrected chi connectivity index (χ4v) is 7.39. The number of hydrogen-bond acceptors (Lipinski definition) is 17. The zero-order valence-electron chi connectivity index (χ0n) is 46.3. The van der Waals surface area contributed by atoms with Crippen molar-refractivity contribution < 1.29 is 66.7 Å². The van der Waals surface area contributed by atoms with Crippen molar-refractivity contribution in [3.05, 3.63) is 0 Å². The van der Waals surface area contributed by atoms with Gasteiger partial charge in [0.1, 0.15) is 25.2 Å². The second kappa shape index (κ2) is 46.9. The fourth-order valence-electron chi connectivity index (χ4n) is 7.39. The van der Waals surface area contributed by atoms with Gasteiger partial charge in [-0.1, -0.05) is 156 Å². The number of nitrogens with zero attached hydrogens (tertiary/aromatic N) is 3. The van der Waals surface area contributed by atoms with Gasteiger partial charge in [-0.25, -0.2) is 0 Å². The molecule has 0 aromatic rings. The molecule has 0 saturated carbocycles. The summed E-state index contributed by atoms with van der Waals surface area (Å²) in [4.78, 5) is 96.3. The van der Waals surface area contributed by atoms with Crippen LogP contribution in [-0.2, 0) is 66.7 Å². The molecule has 0 amide bonds. The molecule has 0 rings (SSSR count). The van der Waals surface area contributed by atoms with Gasteiger partial charge in [0.15, 0.2) is 0 Å². The van der Waals surface area contributed by atoms with E-state index < -0.39 is 60.4 Å². The molecule has 0 spiro atoms. The summed E-state index contributed by atoms with van der Waals surface area (Å²) in [5.41, 5.74) is -1.61. The van der Waals surface area contributed by atoms with Gasteiger partial charge in [-0.2, -0.15) is 0 Å². The minimum atomic E-state index is -1.61. The Balaban J connectivity index is 5.70. The molecular weight excluding hydrogens is 927 g/mol. The SMILES string of the molecule is CCCCCCCCOC(=O)CN(CCC(=O)OCC(C)(COC(=O)CCN(CC(=O)OCCCCCCCC)CC(=O)OCCCCCCCC)C(=O)OCCN(C)C)CC(=O)OCCCCCCCC. The van der Waals surface area contributed by atoms with Crippen molar-refractivity contribution in [3.63, 3.8) is 0 Å². The van der Waals surface area contributed by atoms with Crippen LogP contribution < -0.4 is 0 Å². The number of unbranched alkanes of at least 4 members (excludes halogenated alkanes) is 20. The van der Waals surface area contributed by atoms with Crippen LogP contribution in [0.4, 0.5) is 0 Å². The standard InChI is InChI=1S/C55H101N3O14/c1-8-12-16-20-24-28-37-66-50(61)42-57(43-51(62)67-38-29-25-21-17-13-9-2)34-32-48(59)71-46-55(5,54(65)70-41-36-56(6)7)47-72-49(60)33-35-58(44-52(63)68-39-30-26-22-18-14-10-3)45-53(64)69-40-31-27-23-19-15-11-4/h8-47H2,1-7H3. The van der Waals surface area contributed by atoms with Crippen LogP contribution in [0.15, 0.2) is 0 Å². The van der Waals surface area contributed by atoms with Crippen molar-refractivity contribution in [1.29, 1.82) is 0 Å². The van der Waals surface area contributed by atoms with E-state index in [4.69, 9.17) is 33.2 Å². The molecule has 0 aromatic carbocycles. The van der Waals surface area contributed by atoms with E-state index in [1.54, 1.807) is 0 Å². The summed E-state index contributed by atoms with van der Waals surface area (Å²) in [5, 5.41) is 0. The lowest BCUT2D eigenvalue weighted by Crippen LogP contribution is -2.42. The van der Waals surface area contributed by atoms with Gasteiger partial charge >= 0.3 is 41.8 Å². The highest BCUT2D eigenvalue weighted by atomic mass is 16.6. The van der Waals surface area contributed by atoms with Gasteiger partial charge in [0.2, 0.25) is 0 Å². The second-order valence-electron chi connectivity index (χ2n) is 19.7. The lowest BCUT2D eigenvalue weighted by Gasteiger charge is -2.27. The lowest BCUT2D eigenvalue weighted by molar-refractivity contribution is -0.171. The Hall–Kier alpha value is -3.83. The van der Waals surface area contributed by atoms with Crippen LogP contribution in [0.1, 0.15) is 202 Å². The Labute approximate surface area is 435 Å². The summed E-state index contributed by atoms with van der Waals surface area (Å²) < 4.78 is 38.6. The molecular formula is C55H101N3O14. The first kappa shape index (κ1) is 68.2. The van der Waals surface area contributed by atoms with Crippen LogP contribution in [0.2, 0.25) is 0 Å². The second-order valence-corrected chi connectivity index (χ2v) is 19.7. The topological polar surface area (TPSA) is 194 Å². The molecule has 420 valence electrons. The number of carbonyl (C=O) groups excluding carboxylic acids is 7. The minimum absolute atomic E-state index is 0.0288. The van der Waals surface area contributed by atoms with Crippen LogP contribution in [0.25, 0.3) is 0 Å². The summed E-state index contributed by atoms with van der Waals surface area (Å²) >= 11 is 0. The summed E-state index contributed by atoms with van der Waals surface area (Å²) in [6.07, 6.45) is 24.3. The molecule has 0 aliphatic carbocycles. The molecule has 0 unspecified atom stereocenters. The Bertz CT molecular complexity index is 1280. The van der Waals surface area contributed by atoms with Crippen LogP contribution in [0.5, 0.6) is 0 Å². The van der Waals surface area contributed by atoms with Crippen LogP contribution >= 0.6 is 0 Å². The zero-order chi connectivity index (χ0) is 53.5. The maximum atomic E-state index is 13.5. The van der Waals surface area contributed by atoms with Gasteiger partial charge in [0.05, 0.1) is 65.4 Å². The van der Waals surface area contributed by atoms with E-state index in [1.165, 1.54) is 42.4 Å². The predicted octanol–water partition coefficient (Wildman–Crippen LogP) is 9.18. The molecule has 0 radical (unpaired) electrons. The average Bonchev–Trinajstić information content (AvgIpc) is 3.34. The molecule has 0 heterocycles. The quantitative estimate of drug-likeness (QED) is 0.0318. The molecule has 0 saturated heterocycles. The summed E-state index contributed by atoms with van der Waals surface area (Å²) in [6, 6.07) is 0. The molecule has 0 aromatic heterocycles. The van der Waals surface area contributed by atoms with E-state index in [2.05, 4.69) is 27.7 Å². The van der Waals surface area contributed by atoms with Crippen molar-refractivity contribution in [2.24, 2.45) is 5.41 Å². The molecule has 0 aliphatic heterocycles. The highest BCUT2D eigenvalue weighted by Gasteiger charge is 2.39. The van der Waals surface area contributed by atoms with Gasteiger partial charge in [0, 0.05) is 19.6 Å². The minimum Gasteiger partial charge on any atom is -0.465 e. The number of likely N-dealkylation sites (N-methyl/N-ethyl adjacent to an activating group) is 1. The Morgan fingerprint density at radius 3 is 0.889 bits per heavy atom. The van der Waals surface area contributed by atoms with Crippen LogP contribution in [0, 0.1) is 5.41 Å². The number of rotatable bonds is 50. The Morgan fingerprint density at radius 1 is 0.333 bits per heavy atom. The molecule has 0 aliphatic rings. The summed E-state index contributed by atoms with van der Waals surface area (Å²) in [6.45, 7) is 9.54. The van der Waals surface area contributed by atoms with Crippen molar-refractivity contribution in [2.75, 3.05) is 106 Å². The third-order valence-corrected chi connectivity index (χ3v) is 12.1. The fraction of sp³-hybridized carbons (Fsp3) is 0.873. The summed E-state index contributed by atoms with van der Waals surface area (Å²) in [5.74, 6) is -4.29. The van der Waals surface area contributed by atoms with Gasteiger partial charge in [0.25, 0.3) is 0 Å². The molecule has 17 heteroatoms. The smallest absolute Gasteiger partial charge is 0.320 e. The third kappa shape index (κ3) is 41.6. The molecule has 0 bridgehead atoms. The van der Waals surface area contributed by atoms with E-state index in [0.29, 0.717) is 6.54 Å². The monoisotopic (exact) mass is 1030 g/mol. The van der Waals surface area contributed by atoms with E-state index in [1.807, 2.05) is 19.0 Å². The maximum Gasteiger partial charge on any atom is 0.320 e. The van der Waals surface area contributed by atoms with Gasteiger partial charge in [-0.05, 0) is 46.7 Å². The first-order chi connectivity index (χ1) is 34.7. The van der Waals surface area contributed by atoms with Gasteiger partial charge < -0.3 is 38.1 Å². The average molecular weight is 1030 g/mol. The number of ether oxygens (including phenoxy) is 7. The molecule has 72 heavy (non-hydrogen) atoms.